The fourth-order valence-corrected chi connectivity index (χ4v) is 9.60. The van der Waals surface area contributed by atoms with Crippen LogP contribution in [0.4, 0.5) is 34.1 Å². The first-order chi connectivity index (χ1) is 34.5. The number of anilines is 6. The topological polar surface area (TPSA) is 50.1 Å². The van der Waals surface area contributed by atoms with Gasteiger partial charge in [-0.3, -0.25) is 0 Å². The number of para-hydroxylation sites is 4. The van der Waals surface area contributed by atoms with Crippen LogP contribution in [0.15, 0.2) is 231 Å². The lowest BCUT2D eigenvalue weighted by atomic mass is 9.85. The van der Waals surface area contributed by atoms with Gasteiger partial charge in [0.05, 0.1) is 28.1 Å². The Morgan fingerprint density at radius 2 is 0.620 bits per heavy atom. The predicted molar refractivity (Wildman–Crippen MR) is 297 cm³/mol. The van der Waals surface area contributed by atoms with Crippen molar-refractivity contribution in [3.05, 3.63) is 242 Å². The van der Waals surface area contributed by atoms with Crippen molar-refractivity contribution in [3.8, 4) is 39.9 Å². The Bertz CT molecular complexity index is 3320. The van der Waals surface area contributed by atoms with Crippen molar-refractivity contribution >= 4 is 55.9 Å². The lowest BCUT2D eigenvalue weighted by Crippen LogP contribution is -2.18. The van der Waals surface area contributed by atoms with Crippen LogP contribution in [-0.4, -0.2) is 19.5 Å². The highest BCUT2D eigenvalue weighted by molar-refractivity contribution is 6.12. The average molecular weight is 921 g/mol. The molecule has 2 heterocycles. The zero-order chi connectivity index (χ0) is 48.7. The van der Waals surface area contributed by atoms with E-state index in [2.05, 4.69) is 250 Å². The van der Waals surface area contributed by atoms with E-state index in [4.69, 9.17) is 15.0 Å². The minimum atomic E-state index is -0.0706. The molecule has 0 saturated heterocycles. The van der Waals surface area contributed by atoms with Crippen molar-refractivity contribution in [1.29, 1.82) is 0 Å². The maximum atomic E-state index is 5.38. The Labute approximate surface area is 417 Å². The van der Waals surface area contributed by atoms with Crippen LogP contribution in [0.1, 0.15) is 52.7 Å². The Morgan fingerprint density at radius 1 is 0.324 bits per heavy atom. The first-order valence-electron chi connectivity index (χ1n) is 24.4. The van der Waals surface area contributed by atoms with E-state index in [9.17, 15) is 0 Å². The quantitative estimate of drug-likeness (QED) is 0.137. The van der Waals surface area contributed by atoms with Crippen LogP contribution in [0, 0.1) is 0 Å². The second kappa shape index (κ2) is 18.4. The van der Waals surface area contributed by atoms with Gasteiger partial charge in [0.15, 0.2) is 17.5 Å². The summed E-state index contributed by atoms with van der Waals surface area (Å²) < 4.78 is 2.51. The summed E-state index contributed by atoms with van der Waals surface area (Å²) in [5.74, 6) is 1.75. The summed E-state index contributed by atoms with van der Waals surface area (Å²) in [6.45, 7) is 13.8. The van der Waals surface area contributed by atoms with E-state index < -0.39 is 0 Å². The highest BCUT2D eigenvalue weighted by atomic mass is 15.2. The Kier molecular flexibility index (Phi) is 11.6. The molecule has 0 spiro atoms. The van der Waals surface area contributed by atoms with Gasteiger partial charge in [0, 0.05) is 50.2 Å². The molecule has 11 aromatic rings. The van der Waals surface area contributed by atoms with Gasteiger partial charge in [-0.1, -0.05) is 187 Å². The molecule has 0 N–H and O–H groups in total. The molecule has 0 aliphatic rings. The third-order valence-electron chi connectivity index (χ3n) is 13.3. The highest BCUT2D eigenvalue weighted by Gasteiger charge is 2.30. The van der Waals surface area contributed by atoms with Gasteiger partial charge in [0.25, 0.3) is 0 Å². The van der Waals surface area contributed by atoms with Crippen LogP contribution < -0.4 is 9.80 Å². The van der Waals surface area contributed by atoms with Crippen molar-refractivity contribution in [2.45, 2.75) is 52.4 Å². The molecule has 346 valence electrons. The van der Waals surface area contributed by atoms with Crippen molar-refractivity contribution in [2.75, 3.05) is 9.80 Å². The fraction of sp³-hybridized carbons (Fsp3) is 0.123. The molecule has 0 radical (unpaired) electrons. The second-order valence-corrected chi connectivity index (χ2v) is 20.2. The number of hydrogen-bond acceptors (Lipinski definition) is 5. The molecule has 0 aliphatic carbocycles. The minimum Gasteiger partial charge on any atom is -0.308 e. The molecule has 2 aromatic heterocycles. The van der Waals surface area contributed by atoms with Gasteiger partial charge in [-0.15, -0.1) is 0 Å². The van der Waals surface area contributed by atoms with Crippen LogP contribution in [-0.2, 0) is 10.8 Å². The van der Waals surface area contributed by atoms with Crippen LogP contribution in [0.3, 0.4) is 0 Å². The summed E-state index contributed by atoms with van der Waals surface area (Å²) in [4.78, 5) is 20.7. The van der Waals surface area contributed by atoms with Gasteiger partial charge in [0.2, 0.25) is 0 Å². The third kappa shape index (κ3) is 8.74. The van der Waals surface area contributed by atoms with Gasteiger partial charge in [-0.25, -0.2) is 15.0 Å². The Hall–Kier alpha value is -8.61. The molecule has 0 saturated carbocycles. The molecular weight excluding hydrogens is 865 g/mol. The fourth-order valence-electron chi connectivity index (χ4n) is 9.60. The zero-order valence-electron chi connectivity index (χ0n) is 41.1. The number of nitrogens with zero attached hydrogens (tertiary/aromatic N) is 6. The second-order valence-electron chi connectivity index (χ2n) is 20.2. The SMILES string of the molecule is CC(C)(C)c1ccc2c(c1)c1cc(C(C)(C)C)ccc1n2-c1c(N(c2ccccc2)c2ccccc2)cc(-c2nc(-c3ccccc3)nc(-c3ccccc3)n2)cc1N(c1ccccc1)c1ccccc1. The van der Waals surface area contributed by atoms with E-state index in [0.29, 0.717) is 17.5 Å². The lowest BCUT2D eigenvalue weighted by molar-refractivity contribution is 0.590. The zero-order valence-corrected chi connectivity index (χ0v) is 41.1. The summed E-state index contributed by atoms with van der Waals surface area (Å²) in [5.41, 5.74) is 14.2. The van der Waals surface area contributed by atoms with Crippen LogP contribution in [0.5, 0.6) is 0 Å². The Balaban J connectivity index is 1.35. The summed E-state index contributed by atoms with van der Waals surface area (Å²) in [5, 5.41) is 2.41. The number of fused-ring (bicyclic) bond motifs is 3. The van der Waals surface area contributed by atoms with Gasteiger partial charge >= 0.3 is 0 Å². The molecule has 0 fully saturated rings. The van der Waals surface area contributed by atoms with Gasteiger partial charge in [0.1, 0.15) is 0 Å². The molecule has 0 unspecified atom stereocenters. The van der Waals surface area contributed by atoms with E-state index in [0.717, 1.165) is 67.5 Å². The van der Waals surface area contributed by atoms with E-state index in [1.54, 1.807) is 0 Å². The first kappa shape index (κ1) is 44.9. The molecule has 11 rings (SSSR count). The van der Waals surface area contributed by atoms with Crippen molar-refractivity contribution < 1.29 is 0 Å². The maximum Gasteiger partial charge on any atom is 0.164 e. The largest absolute Gasteiger partial charge is 0.308 e. The van der Waals surface area contributed by atoms with Gasteiger partial charge in [-0.2, -0.15) is 0 Å². The molecule has 0 aliphatic heterocycles. The standard InChI is InChI=1S/C65H56N6/c1-64(2,3)48-37-39-56-54(43-48)55-44-49(65(4,5)6)38-40-57(55)71(56)60-58(69(50-29-17-9-18-30-50)51-31-19-10-20-32-51)41-47(42-59(60)70(52-33-21-11-22-34-52)53-35-23-12-24-36-53)63-67-61(45-25-13-7-14-26-45)66-62(68-63)46-27-15-8-16-28-46/h7-44H,1-6H3. The average Bonchev–Trinajstić information content (AvgIpc) is 3.72. The van der Waals surface area contributed by atoms with Gasteiger partial charge in [-0.05, 0) is 107 Å². The summed E-state index contributed by atoms with van der Waals surface area (Å²) in [6, 6.07) is 81.9. The van der Waals surface area contributed by atoms with Crippen LogP contribution in [0.25, 0.3) is 61.7 Å². The number of aromatic nitrogens is 4. The number of rotatable bonds is 10. The smallest absolute Gasteiger partial charge is 0.164 e. The predicted octanol–water partition coefficient (Wildman–Crippen LogP) is 17.5. The van der Waals surface area contributed by atoms with E-state index >= 15 is 0 Å². The molecule has 9 aromatic carbocycles. The summed E-state index contributed by atoms with van der Waals surface area (Å²) in [6.07, 6.45) is 0. The third-order valence-corrected chi connectivity index (χ3v) is 13.3. The Morgan fingerprint density at radius 3 is 0.930 bits per heavy atom. The van der Waals surface area contributed by atoms with E-state index in [-0.39, 0.29) is 10.8 Å². The molecule has 0 bridgehead atoms. The van der Waals surface area contributed by atoms with Crippen molar-refractivity contribution in [1.82, 2.24) is 19.5 Å². The van der Waals surface area contributed by atoms with Crippen molar-refractivity contribution in [3.63, 3.8) is 0 Å². The maximum absolute atomic E-state index is 5.38. The molecule has 0 atom stereocenters. The van der Waals surface area contributed by atoms with Crippen molar-refractivity contribution in [2.24, 2.45) is 0 Å². The van der Waals surface area contributed by atoms with Gasteiger partial charge < -0.3 is 14.4 Å². The normalized spacial score (nSPS) is 11.8. The summed E-state index contributed by atoms with van der Waals surface area (Å²) in [7, 11) is 0. The minimum absolute atomic E-state index is 0.0706. The van der Waals surface area contributed by atoms with E-state index in [1.165, 1.54) is 21.9 Å². The molecule has 6 heteroatoms. The number of benzene rings is 9. The molecule has 71 heavy (non-hydrogen) atoms. The van der Waals surface area contributed by atoms with Crippen LogP contribution >= 0.6 is 0 Å². The highest BCUT2D eigenvalue weighted by Crippen LogP contribution is 2.51. The molecule has 0 amide bonds. The van der Waals surface area contributed by atoms with E-state index in [1.807, 2.05) is 36.4 Å². The number of hydrogen-bond donors (Lipinski definition) is 0. The molecule has 6 nitrogen and oxygen atoms in total. The monoisotopic (exact) mass is 920 g/mol. The summed E-state index contributed by atoms with van der Waals surface area (Å²) >= 11 is 0. The van der Waals surface area contributed by atoms with Crippen LogP contribution in [0.2, 0.25) is 0 Å². The molecular formula is C65H56N6. The lowest BCUT2D eigenvalue weighted by Gasteiger charge is -2.34. The first-order valence-corrected chi connectivity index (χ1v) is 24.4.